The van der Waals surface area contributed by atoms with Gasteiger partial charge in [-0.25, -0.2) is 0 Å². The molecule has 0 aliphatic carbocycles. The average Bonchev–Trinajstić information content (AvgIpc) is 2.05. The third kappa shape index (κ3) is 3.95. The van der Waals surface area contributed by atoms with E-state index in [1.54, 1.807) is 12.0 Å². The minimum atomic E-state index is -0.0236. The minimum Gasteiger partial charge on any atom is -0.383 e. The molecular formula is C7H16N2O2. The van der Waals surface area contributed by atoms with Crippen LogP contribution in [0.25, 0.3) is 0 Å². The third-order valence-corrected chi connectivity index (χ3v) is 1.47. The van der Waals surface area contributed by atoms with Gasteiger partial charge in [-0.3, -0.25) is 4.79 Å². The molecule has 0 unspecified atom stereocenters. The molecule has 0 rings (SSSR count). The monoisotopic (exact) mass is 160 g/mol. The van der Waals surface area contributed by atoms with E-state index in [1.165, 1.54) is 0 Å². The Labute approximate surface area is 67.3 Å². The highest BCUT2D eigenvalue weighted by Crippen LogP contribution is 1.87. The normalized spacial score (nSPS) is 9.73. The summed E-state index contributed by atoms with van der Waals surface area (Å²) in [5, 5.41) is 0. The standard InChI is InChI=1S/C7H16N2O2/c1-3-9(4-5-11-2)7(10)6-8/h3-6,8H2,1-2H3. The van der Waals surface area contributed by atoms with E-state index < -0.39 is 0 Å². The predicted molar refractivity (Wildman–Crippen MR) is 43.2 cm³/mol. The van der Waals surface area contributed by atoms with Crippen LogP contribution in [0, 0.1) is 0 Å². The summed E-state index contributed by atoms with van der Waals surface area (Å²) in [6.07, 6.45) is 0. The molecule has 0 atom stereocenters. The molecule has 0 saturated carbocycles. The Bertz CT molecular complexity index is 117. The van der Waals surface area contributed by atoms with E-state index in [0.717, 1.165) is 0 Å². The molecule has 66 valence electrons. The lowest BCUT2D eigenvalue weighted by Gasteiger charge is -2.18. The van der Waals surface area contributed by atoms with Crippen molar-refractivity contribution in [3.63, 3.8) is 0 Å². The number of carbonyl (C=O) groups excluding carboxylic acids is 1. The second-order valence-electron chi connectivity index (χ2n) is 2.17. The van der Waals surface area contributed by atoms with E-state index in [2.05, 4.69) is 0 Å². The van der Waals surface area contributed by atoms with Crippen LogP contribution >= 0.6 is 0 Å². The fourth-order valence-corrected chi connectivity index (χ4v) is 0.790. The summed E-state index contributed by atoms with van der Waals surface area (Å²) in [6.45, 7) is 3.89. The van der Waals surface area contributed by atoms with Gasteiger partial charge in [-0.15, -0.1) is 0 Å². The molecule has 0 heterocycles. The van der Waals surface area contributed by atoms with Crippen molar-refractivity contribution in [1.82, 2.24) is 4.90 Å². The van der Waals surface area contributed by atoms with Gasteiger partial charge in [0.2, 0.25) is 5.91 Å². The lowest BCUT2D eigenvalue weighted by molar-refractivity contribution is -0.130. The number of nitrogens with two attached hydrogens (primary N) is 1. The molecule has 11 heavy (non-hydrogen) atoms. The van der Waals surface area contributed by atoms with Gasteiger partial charge >= 0.3 is 0 Å². The zero-order chi connectivity index (χ0) is 8.69. The summed E-state index contributed by atoms with van der Waals surface area (Å²) in [6, 6.07) is 0. The summed E-state index contributed by atoms with van der Waals surface area (Å²) in [7, 11) is 1.61. The summed E-state index contributed by atoms with van der Waals surface area (Å²) in [4.78, 5) is 12.7. The Kier molecular flexibility index (Phi) is 5.78. The van der Waals surface area contributed by atoms with Crippen molar-refractivity contribution in [3.05, 3.63) is 0 Å². The molecule has 0 radical (unpaired) electrons. The van der Waals surface area contributed by atoms with Crippen LogP contribution in [-0.4, -0.2) is 44.2 Å². The zero-order valence-electron chi connectivity index (χ0n) is 7.17. The largest absolute Gasteiger partial charge is 0.383 e. The third-order valence-electron chi connectivity index (χ3n) is 1.47. The molecule has 4 heteroatoms. The van der Waals surface area contributed by atoms with Gasteiger partial charge in [-0.05, 0) is 6.92 Å². The van der Waals surface area contributed by atoms with Crippen molar-refractivity contribution in [2.24, 2.45) is 5.73 Å². The van der Waals surface area contributed by atoms with Crippen molar-refractivity contribution in [3.8, 4) is 0 Å². The molecule has 0 aromatic heterocycles. The lowest BCUT2D eigenvalue weighted by Crippen LogP contribution is -2.37. The Morgan fingerprint density at radius 1 is 1.64 bits per heavy atom. The fraction of sp³-hybridized carbons (Fsp3) is 0.857. The smallest absolute Gasteiger partial charge is 0.236 e. The molecule has 2 N–H and O–H groups in total. The second kappa shape index (κ2) is 6.12. The van der Waals surface area contributed by atoms with Crippen molar-refractivity contribution in [2.75, 3.05) is 33.4 Å². The van der Waals surface area contributed by atoms with Gasteiger partial charge < -0.3 is 15.4 Å². The van der Waals surface area contributed by atoms with Gasteiger partial charge in [0.1, 0.15) is 0 Å². The maximum Gasteiger partial charge on any atom is 0.236 e. The second-order valence-corrected chi connectivity index (χ2v) is 2.17. The minimum absolute atomic E-state index is 0.0236. The van der Waals surface area contributed by atoms with Crippen LogP contribution in [0.5, 0.6) is 0 Å². The van der Waals surface area contributed by atoms with E-state index >= 15 is 0 Å². The first-order valence-electron chi connectivity index (χ1n) is 3.73. The molecular weight excluding hydrogens is 144 g/mol. The van der Waals surface area contributed by atoms with Gasteiger partial charge in [-0.2, -0.15) is 0 Å². The maximum absolute atomic E-state index is 11.0. The summed E-state index contributed by atoms with van der Waals surface area (Å²) in [5.41, 5.74) is 5.19. The molecule has 0 fully saturated rings. The van der Waals surface area contributed by atoms with Crippen LogP contribution < -0.4 is 5.73 Å². The van der Waals surface area contributed by atoms with Crippen LogP contribution in [0.15, 0.2) is 0 Å². The highest BCUT2D eigenvalue weighted by molar-refractivity contribution is 5.77. The van der Waals surface area contributed by atoms with Crippen LogP contribution in [0.2, 0.25) is 0 Å². The predicted octanol–water partition coefficient (Wildman–Crippen LogP) is -0.560. The molecule has 0 saturated heterocycles. The molecule has 0 aliphatic heterocycles. The van der Waals surface area contributed by atoms with Crippen LogP contribution in [-0.2, 0) is 9.53 Å². The van der Waals surface area contributed by atoms with Crippen LogP contribution in [0.3, 0.4) is 0 Å². The molecule has 4 nitrogen and oxygen atoms in total. The highest BCUT2D eigenvalue weighted by Gasteiger charge is 2.07. The quantitative estimate of drug-likeness (QED) is 0.586. The van der Waals surface area contributed by atoms with Crippen molar-refractivity contribution >= 4 is 5.91 Å². The van der Waals surface area contributed by atoms with E-state index in [-0.39, 0.29) is 12.5 Å². The Morgan fingerprint density at radius 3 is 2.64 bits per heavy atom. The molecule has 0 aromatic carbocycles. The highest BCUT2D eigenvalue weighted by atomic mass is 16.5. The van der Waals surface area contributed by atoms with Crippen molar-refractivity contribution in [1.29, 1.82) is 0 Å². The van der Waals surface area contributed by atoms with Crippen LogP contribution in [0.1, 0.15) is 6.92 Å². The average molecular weight is 160 g/mol. The first kappa shape index (κ1) is 10.4. The first-order chi connectivity index (χ1) is 5.26. The van der Waals surface area contributed by atoms with E-state index in [9.17, 15) is 4.79 Å². The topological polar surface area (TPSA) is 55.6 Å². The van der Waals surface area contributed by atoms with Crippen molar-refractivity contribution < 1.29 is 9.53 Å². The van der Waals surface area contributed by atoms with Gasteiger partial charge in [0.25, 0.3) is 0 Å². The number of hydrogen-bond acceptors (Lipinski definition) is 3. The number of amides is 1. The maximum atomic E-state index is 11.0. The van der Waals surface area contributed by atoms with Crippen molar-refractivity contribution in [2.45, 2.75) is 6.92 Å². The molecule has 0 spiro atoms. The van der Waals surface area contributed by atoms with Gasteiger partial charge in [-0.1, -0.05) is 0 Å². The van der Waals surface area contributed by atoms with Crippen LogP contribution in [0.4, 0.5) is 0 Å². The number of rotatable bonds is 5. The van der Waals surface area contributed by atoms with E-state index in [4.69, 9.17) is 10.5 Å². The molecule has 0 bridgehead atoms. The molecule has 0 aliphatic rings. The van der Waals surface area contributed by atoms with E-state index in [1.807, 2.05) is 6.92 Å². The van der Waals surface area contributed by atoms with Gasteiger partial charge in [0.15, 0.2) is 0 Å². The van der Waals surface area contributed by atoms with Gasteiger partial charge in [0, 0.05) is 20.2 Å². The Morgan fingerprint density at radius 2 is 2.27 bits per heavy atom. The number of likely N-dealkylation sites (N-methyl/N-ethyl adjacent to an activating group) is 1. The Hall–Kier alpha value is -0.610. The SMILES string of the molecule is CCN(CCOC)C(=O)CN. The number of ether oxygens (including phenoxy) is 1. The Balaban J connectivity index is 3.65. The summed E-state index contributed by atoms with van der Waals surface area (Å²) < 4.78 is 4.83. The molecule has 1 amide bonds. The number of hydrogen-bond donors (Lipinski definition) is 1. The fourth-order valence-electron chi connectivity index (χ4n) is 0.790. The lowest BCUT2D eigenvalue weighted by atomic mass is 10.4. The number of nitrogens with zero attached hydrogens (tertiary/aromatic N) is 1. The van der Waals surface area contributed by atoms with Gasteiger partial charge in [0.05, 0.1) is 13.2 Å². The zero-order valence-corrected chi connectivity index (χ0v) is 7.17. The molecule has 0 aromatic rings. The summed E-state index contributed by atoms with van der Waals surface area (Å²) in [5.74, 6) is -0.0236. The number of methoxy groups -OCH3 is 1. The summed E-state index contributed by atoms with van der Waals surface area (Å²) >= 11 is 0. The number of carbonyl (C=O) groups is 1. The first-order valence-corrected chi connectivity index (χ1v) is 3.73. The van der Waals surface area contributed by atoms with E-state index in [0.29, 0.717) is 19.7 Å².